The first-order valence-electron chi connectivity index (χ1n) is 8.62. The number of nitrogens with zero attached hydrogens (tertiary/aromatic N) is 2. The molecule has 1 heterocycles. The van der Waals surface area contributed by atoms with Crippen LogP contribution in [0.2, 0.25) is 0 Å². The number of hydrogen-bond acceptors (Lipinski definition) is 4. The third-order valence-electron chi connectivity index (χ3n) is 4.59. The summed E-state index contributed by atoms with van der Waals surface area (Å²) in [6, 6.07) is 18.5. The fraction of sp³-hybridized carbons (Fsp3) is 0.182. The van der Waals surface area contributed by atoms with E-state index in [2.05, 4.69) is 61.2 Å². The molecule has 1 aromatic heterocycles. The quantitative estimate of drug-likeness (QED) is 0.498. The zero-order valence-electron chi connectivity index (χ0n) is 15.1. The first-order valence-corrected chi connectivity index (χ1v) is 8.62. The van der Waals surface area contributed by atoms with E-state index in [1.54, 1.807) is 0 Å². The summed E-state index contributed by atoms with van der Waals surface area (Å²) in [5.74, 6) is 1.90. The normalized spacial score (nSPS) is 11.0. The number of aromatic nitrogens is 2. The molecular weight excluding hydrogens is 324 g/mol. The van der Waals surface area contributed by atoms with Crippen LogP contribution >= 0.6 is 0 Å². The topological polar surface area (TPSA) is 48.2 Å². The maximum Gasteiger partial charge on any atom is 0.258 e. The van der Waals surface area contributed by atoms with Gasteiger partial charge in [-0.05, 0) is 66.4 Å². The molecule has 26 heavy (non-hydrogen) atoms. The number of aryl methyl sites for hydroxylation is 2. The van der Waals surface area contributed by atoms with Crippen LogP contribution in [0, 0.1) is 20.8 Å². The SMILES string of the molecule is Cc1cc(C)c(C)c(OCc2noc(-c3ccc4ccccc4c3)n2)c1. The van der Waals surface area contributed by atoms with E-state index in [1.165, 1.54) is 16.5 Å². The number of ether oxygens (including phenoxy) is 1. The van der Waals surface area contributed by atoms with E-state index in [9.17, 15) is 0 Å². The summed E-state index contributed by atoms with van der Waals surface area (Å²) < 4.78 is 11.3. The van der Waals surface area contributed by atoms with Gasteiger partial charge in [0.2, 0.25) is 5.82 Å². The molecule has 4 nitrogen and oxygen atoms in total. The second-order valence-corrected chi connectivity index (χ2v) is 6.57. The van der Waals surface area contributed by atoms with Crippen LogP contribution in [0.5, 0.6) is 5.75 Å². The third-order valence-corrected chi connectivity index (χ3v) is 4.59. The summed E-state index contributed by atoms with van der Waals surface area (Å²) in [4.78, 5) is 4.47. The Morgan fingerprint density at radius 2 is 1.73 bits per heavy atom. The van der Waals surface area contributed by atoms with Gasteiger partial charge in [-0.1, -0.05) is 41.6 Å². The average Bonchev–Trinajstić information content (AvgIpc) is 3.12. The molecule has 0 radical (unpaired) electrons. The zero-order chi connectivity index (χ0) is 18.1. The molecule has 0 bridgehead atoms. The summed E-state index contributed by atoms with van der Waals surface area (Å²) in [7, 11) is 0. The minimum atomic E-state index is 0.279. The Balaban J connectivity index is 1.54. The minimum Gasteiger partial charge on any atom is -0.485 e. The molecule has 3 aromatic carbocycles. The maximum atomic E-state index is 5.92. The van der Waals surface area contributed by atoms with Gasteiger partial charge in [0.25, 0.3) is 5.89 Å². The molecular formula is C22H20N2O2. The largest absolute Gasteiger partial charge is 0.485 e. The standard InChI is InChI=1S/C22H20N2O2/c1-14-10-15(2)16(3)20(11-14)25-13-21-23-22(26-24-21)19-9-8-17-6-4-5-7-18(17)12-19/h4-12H,13H2,1-3H3. The van der Waals surface area contributed by atoms with Crippen LogP contribution in [0.4, 0.5) is 0 Å². The number of rotatable bonds is 4. The Hall–Kier alpha value is -3.14. The van der Waals surface area contributed by atoms with Gasteiger partial charge in [-0.3, -0.25) is 0 Å². The monoisotopic (exact) mass is 344 g/mol. The van der Waals surface area contributed by atoms with Crippen molar-refractivity contribution in [2.45, 2.75) is 27.4 Å². The highest BCUT2D eigenvalue weighted by Crippen LogP contribution is 2.25. The van der Waals surface area contributed by atoms with Gasteiger partial charge in [-0.2, -0.15) is 4.98 Å². The number of fused-ring (bicyclic) bond motifs is 1. The van der Waals surface area contributed by atoms with Crippen LogP contribution in [0.25, 0.3) is 22.2 Å². The van der Waals surface area contributed by atoms with E-state index in [-0.39, 0.29) is 6.61 Å². The predicted molar refractivity (Wildman–Crippen MR) is 102 cm³/mol. The number of benzene rings is 3. The second kappa shape index (κ2) is 6.64. The fourth-order valence-electron chi connectivity index (χ4n) is 3.05. The van der Waals surface area contributed by atoms with Gasteiger partial charge >= 0.3 is 0 Å². The lowest BCUT2D eigenvalue weighted by molar-refractivity contribution is 0.285. The van der Waals surface area contributed by atoms with Crippen molar-refractivity contribution in [3.8, 4) is 17.2 Å². The molecule has 0 amide bonds. The van der Waals surface area contributed by atoms with E-state index in [0.717, 1.165) is 22.3 Å². The van der Waals surface area contributed by atoms with Gasteiger partial charge in [0, 0.05) is 5.56 Å². The highest BCUT2D eigenvalue weighted by molar-refractivity contribution is 5.86. The number of hydrogen-bond donors (Lipinski definition) is 0. The van der Waals surface area contributed by atoms with Crippen molar-refractivity contribution in [3.05, 3.63) is 77.1 Å². The van der Waals surface area contributed by atoms with E-state index >= 15 is 0 Å². The van der Waals surface area contributed by atoms with Crippen LogP contribution in [0.15, 0.2) is 59.1 Å². The van der Waals surface area contributed by atoms with Crippen molar-refractivity contribution in [1.29, 1.82) is 0 Å². The molecule has 0 aliphatic heterocycles. The van der Waals surface area contributed by atoms with Gasteiger partial charge in [0.05, 0.1) is 0 Å². The molecule has 0 spiro atoms. The van der Waals surface area contributed by atoms with E-state index in [4.69, 9.17) is 9.26 Å². The lowest BCUT2D eigenvalue weighted by Crippen LogP contribution is -2.00. The molecule has 0 saturated carbocycles. The Kier molecular flexibility index (Phi) is 4.17. The van der Waals surface area contributed by atoms with Crippen LogP contribution < -0.4 is 4.74 Å². The fourth-order valence-corrected chi connectivity index (χ4v) is 3.05. The van der Waals surface area contributed by atoms with E-state index in [0.29, 0.717) is 11.7 Å². The van der Waals surface area contributed by atoms with E-state index in [1.807, 2.05) is 24.3 Å². The van der Waals surface area contributed by atoms with Crippen LogP contribution in [0.3, 0.4) is 0 Å². The third kappa shape index (κ3) is 3.18. The Labute approximate surface area is 152 Å². The van der Waals surface area contributed by atoms with Crippen LogP contribution in [0.1, 0.15) is 22.5 Å². The highest BCUT2D eigenvalue weighted by atomic mass is 16.5. The smallest absolute Gasteiger partial charge is 0.258 e. The highest BCUT2D eigenvalue weighted by Gasteiger charge is 2.11. The lowest BCUT2D eigenvalue weighted by Gasteiger charge is -2.10. The predicted octanol–water partition coefficient (Wildman–Crippen LogP) is 5.39. The molecule has 0 unspecified atom stereocenters. The minimum absolute atomic E-state index is 0.279. The van der Waals surface area contributed by atoms with Crippen LogP contribution in [-0.2, 0) is 6.61 Å². The van der Waals surface area contributed by atoms with Crippen molar-refractivity contribution < 1.29 is 9.26 Å². The molecule has 0 fully saturated rings. The molecule has 0 aliphatic rings. The van der Waals surface area contributed by atoms with Gasteiger partial charge in [0.15, 0.2) is 6.61 Å². The van der Waals surface area contributed by atoms with Crippen molar-refractivity contribution in [2.75, 3.05) is 0 Å². The molecule has 0 saturated heterocycles. The van der Waals surface area contributed by atoms with Crippen molar-refractivity contribution >= 4 is 10.8 Å². The Bertz CT molecular complexity index is 1080. The van der Waals surface area contributed by atoms with Gasteiger partial charge < -0.3 is 9.26 Å². The zero-order valence-corrected chi connectivity index (χ0v) is 15.1. The molecule has 4 aromatic rings. The summed E-state index contributed by atoms with van der Waals surface area (Å²) in [6.07, 6.45) is 0. The van der Waals surface area contributed by atoms with E-state index < -0.39 is 0 Å². The first kappa shape index (κ1) is 16.3. The first-order chi connectivity index (χ1) is 12.6. The van der Waals surface area contributed by atoms with Crippen molar-refractivity contribution in [2.24, 2.45) is 0 Å². The van der Waals surface area contributed by atoms with Gasteiger partial charge in [-0.25, -0.2) is 0 Å². The maximum absolute atomic E-state index is 5.92. The Morgan fingerprint density at radius 3 is 2.58 bits per heavy atom. The molecule has 4 rings (SSSR count). The summed E-state index contributed by atoms with van der Waals surface area (Å²) in [6.45, 7) is 6.48. The summed E-state index contributed by atoms with van der Waals surface area (Å²) in [5, 5.41) is 6.38. The molecule has 0 aliphatic carbocycles. The Morgan fingerprint density at radius 1 is 0.923 bits per heavy atom. The van der Waals surface area contributed by atoms with Gasteiger partial charge in [0.1, 0.15) is 5.75 Å². The second-order valence-electron chi connectivity index (χ2n) is 6.57. The average molecular weight is 344 g/mol. The summed E-state index contributed by atoms with van der Waals surface area (Å²) >= 11 is 0. The molecule has 0 atom stereocenters. The molecule has 130 valence electrons. The van der Waals surface area contributed by atoms with Gasteiger partial charge in [-0.15, -0.1) is 0 Å². The summed E-state index contributed by atoms with van der Waals surface area (Å²) in [5.41, 5.74) is 4.43. The van der Waals surface area contributed by atoms with Crippen molar-refractivity contribution in [3.63, 3.8) is 0 Å². The molecule has 4 heteroatoms. The lowest BCUT2D eigenvalue weighted by atomic mass is 10.1. The van der Waals surface area contributed by atoms with Crippen molar-refractivity contribution in [1.82, 2.24) is 10.1 Å². The van der Waals surface area contributed by atoms with Crippen LogP contribution in [-0.4, -0.2) is 10.1 Å². The molecule has 0 N–H and O–H groups in total.